The summed E-state index contributed by atoms with van der Waals surface area (Å²) in [5, 5.41) is 6.33. The number of benzene rings is 1. The van der Waals surface area contributed by atoms with Crippen molar-refractivity contribution in [1.29, 1.82) is 0 Å². The molecule has 0 spiro atoms. The van der Waals surface area contributed by atoms with Gasteiger partial charge in [-0.15, -0.1) is 24.0 Å². The third-order valence-corrected chi connectivity index (χ3v) is 4.95. The van der Waals surface area contributed by atoms with Gasteiger partial charge in [0.25, 0.3) is 0 Å². The molecule has 27 heavy (non-hydrogen) atoms. The first-order valence-corrected chi connectivity index (χ1v) is 10.4. The zero-order chi connectivity index (χ0) is 18.7. The molecule has 2 rings (SSSR count). The summed E-state index contributed by atoms with van der Waals surface area (Å²) in [5.41, 5.74) is 0.930. The minimum Gasteiger partial charge on any atom is -0.357 e. The van der Waals surface area contributed by atoms with Gasteiger partial charge in [-0.3, -0.25) is 4.99 Å². The van der Waals surface area contributed by atoms with E-state index in [1.807, 2.05) is 61.8 Å². The van der Waals surface area contributed by atoms with E-state index in [0.29, 0.717) is 25.6 Å². The van der Waals surface area contributed by atoms with Gasteiger partial charge in [0.2, 0.25) is 10.0 Å². The Morgan fingerprint density at radius 2 is 1.78 bits per heavy atom. The number of hydrogen-bond donors (Lipinski definition) is 3. The van der Waals surface area contributed by atoms with E-state index in [1.165, 1.54) is 0 Å². The van der Waals surface area contributed by atoms with Crippen LogP contribution in [-0.4, -0.2) is 44.3 Å². The first-order valence-electron chi connectivity index (χ1n) is 8.73. The number of aliphatic imine (C=N–C) groups is 1. The average molecular weight is 505 g/mol. The van der Waals surface area contributed by atoms with E-state index in [2.05, 4.69) is 24.9 Å². The van der Waals surface area contributed by atoms with Gasteiger partial charge < -0.3 is 15.2 Å². The van der Waals surface area contributed by atoms with E-state index in [9.17, 15) is 8.42 Å². The van der Waals surface area contributed by atoms with Crippen LogP contribution in [0.15, 0.2) is 59.9 Å². The van der Waals surface area contributed by atoms with Gasteiger partial charge in [-0.25, -0.2) is 13.1 Å². The molecule has 9 heteroatoms. The Bertz CT molecular complexity index is 764. The van der Waals surface area contributed by atoms with Crippen LogP contribution in [0.25, 0.3) is 0 Å². The van der Waals surface area contributed by atoms with Crippen molar-refractivity contribution in [3.63, 3.8) is 0 Å². The summed E-state index contributed by atoms with van der Waals surface area (Å²) in [6, 6.07) is 13.4. The molecule has 0 radical (unpaired) electrons. The molecule has 2 aromatic rings. The fourth-order valence-corrected chi connectivity index (χ4v) is 3.17. The molecule has 0 aliphatic heterocycles. The van der Waals surface area contributed by atoms with Crippen LogP contribution < -0.4 is 15.4 Å². The van der Waals surface area contributed by atoms with Crippen molar-refractivity contribution in [2.75, 3.05) is 25.4 Å². The minimum atomic E-state index is -3.36. The monoisotopic (exact) mass is 505 g/mol. The maximum absolute atomic E-state index is 12.1. The SMILES string of the molecule is CCNC(=NCCS(=O)(=O)NCc1ccccc1)NCCn1cccc1.I. The molecule has 0 aliphatic carbocycles. The summed E-state index contributed by atoms with van der Waals surface area (Å²) < 4.78 is 28.8. The lowest BCUT2D eigenvalue weighted by Gasteiger charge is -2.12. The van der Waals surface area contributed by atoms with Crippen molar-refractivity contribution >= 4 is 40.0 Å². The summed E-state index contributed by atoms with van der Waals surface area (Å²) in [4.78, 5) is 4.34. The molecule has 0 bridgehead atoms. The highest BCUT2D eigenvalue weighted by Crippen LogP contribution is 1.98. The first kappa shape index (κ1) is 23.4. The Hall–Kier alpha value is -1.59. The van der Waals surface area contributed by atoms with Crippen LogP contribution >= 0.6 is 24.0 Å². The zero-order valence-electron chi connectivity index (χ0n) is 15.5. The van der Waals surface area contributed by atoms with Gasteiger partial charge in [-0.05, 0) is 24.6 Å². The Morgan fingerprint density at radius 1 is 1.07 bits per heavy atom. The molecule has 3 N–H and O–H groups in total. The van der Waals surface area contributed by atoms with Crippen molar-refractivity contribution in [2.45, 2.75) is 20.0 Å². The third-order valence-electron chi connectivity index (χ3n) is 3.64. The summed E-state index contributed by atoms with van der Waals surface area (Å²) in [6.07, 6.45) is 3.99. The van der Waals surface area contributed by atoms with Gasteiger partial charge >= 0.3 is 0 Å². The van der Waals surface area contributed by atoms with E-state index in [0.717, 1.165) is 12.1 Å². The van der Waals surface area contributed by atoms with Crippen molar-refractivity contribution < 1.29 is 8.42 Å². The molecule has 1 aromatic carbocycles. The van der Waals surface area contributed by atoms with Gasteiger partial charge in [-0.1, -0.05) is 30.3 Å². The second kappa shape index (κ2) is 12.7. The van der Waals surface area contributed by atoms with Crippen LogP contribution in [0.4, 0.5) is 0 Å². The Morgan fingerprint density at radius 3 is 2.44 bits per heavy atom. The second-order valence-corrected chi connectivity index (χ2v) is 7.66. The molecule has 0 fully saturated rings. The molecule has 1 aromatic heterocycles. The van der Waals surface area contributed by atoms with Crippen molar-refractivity contribution in [1.82, 2.24) is 19.9 Å². The number of nitrogens with zero attached hydrogens (tertiary/aromatic N) is 2. The Kier molecular flexibility index (Phi) is 11.1. The second-order valence-electron chi connectivity index (χ2n) is 5.73. The van der Waals surface area contributed by atoms with Gasteiger partial charge in [0.05, 0.1) is 12.3 Å². The minimum absolute atomic E-state index is 0. The van der Waals surface area contributed by atoms with Crippen LogP contribution in [0.1, 0.15) is 12.5 Å². The van der Waals surface area contributed by atoms with E-state index < -0.39 is 10.0 Å². The molecular formula is C18H28IN5O2S. The summed E-state index contributed by atoms with van der Waals surface area (Å²) in [6.45, 7) is 4.70. The summed E-state index contributed by atoms with van der Waals surface area (Å²) in [5.74, 6) is 0.575. The summed E-state index contributed by atoms with van der Waals surface area (Å²) >= 11 is 0. The fourth-order valence-electron chi connectivity index (χ4n) is 2.30. The van der Waals surface area contributed by atoms with E-state index >= 15 is 0 Å². The van der Waals surface area contributed by atoms with E-state index in [1.54, 1.807) is 0 Å². The van der Waals surface area contributed by atoms with Crippen LogP contribution in [0, 0.1) is 0 Å². The number of halogens is 1. The van der Waals surface area contributed by atoms with Gasteiger partial charge in [0.1, 0.15) is 0 Å². The number of rotatable bonds is 10. The molecule has 0 saturated carbocycles. The van der Waals surface area contributed by atoms with Crippen LogP contribution in [-0.2, 0) is 23.1 Å². The molecule has 0 saturated heterocycles. The lowest BCUT2D eigenvalue weighted by atomic mass is 10.2. The first-order chi connectivity index (χ1) is 12.6. The molecule has 0 amide bonds. The lowest BCUT2D eigenvalue weighted by molar-refractivity contribution is 0.581. The molecule has 150 valence electrons. The fraction of sp³-hybridized carbons (Fsp3) is 0.389. The standard InChI is InChI=1S/C18H27N5O2S.HI/c1-2-19-18(20-10-14-23-12-6-7-13-23)21-11-15-26(24,25)22-16-17-8-4-3-5-9-17;/h3-9,12-13,22H,2,10-11,14-16H2,1H3,(H2,19,20,21);1H. The summed E-state index contributed by atoms with van der Waals surface area (Å²) in [7, 11) is -3.36. The molecule has 7 nitrogen and oxygen atoms in total. The predicted molar refractivity (Wildman–Crippen MR) is 121 cm³/mol. The number of hydrogen-bond acceptors (Lipinski definition) is 3. The lowest BCUT2D eigenvalue weighted by Crippen LogP contribution is -2.39. The van der Waals surface area contributed by atoms with Gasteiger partial charge in [-0.2, -0.15) is 0 Å². The van der Waals surface area contributed by atoms with Gasteiger partial charge in [0.15, 0.2) is 5.96 Å². The maximum Gasteiger partial charge on any atom is 0.213 e. The molecular weight excluding hydrogens is 477 g/mol. The Labute approximate surface area is 178 Å². The predicted octanol–water partition coefficient (Wildman–Crippen LogP) is 1.78. The number of nitrogens with one attached hydrogen (secondary N) is 3. The van der Waals surface area contributed by atoms with E-state index in [-0.39, 0.29) is 36.3 Å². The number of sulfonamides is 1. The zero-order valence-corrected chi connectivity index (χ0v) is 18.6. The molecule has 1 heterocycles. The Balaban J connectivity index is 0.00000364. The van der Waals surface area contributed by atoms with Crippen molar-refractivity contribution in [3.05, 3.63) is 60.4 Å². The van der Waals surface area contributed by atoms with Crippen LogP contribution in [0.5, 0.6) is 0 Å². The number of aromatic nitrogens is 1. The van der Waals surface area contributed by atoms with Crippen LogP contribution in [0.2, 0.25) is 0 Å². The smallest absolute Gasteiger partial charge is 0.213 e. The highest BCUT2D eigenvalue weighted by atomic mass is 127. The van der Waals surface area contributed by atoms with Crippen molar-refractivity contribution in [3.8, 4) is 0 Å². The highest BCUT2D eigenvalue weighted by molar-refractivity contribution is 14.0. The molecule has 0 atom stereocenters. The van der Waals surface area contributed by atoms with Crippen LogP contribution in [0.3, 0.4) is 0 Å². The normalized spacial score (nSPS) is 11.7. The van der Waals surface area contributed by atoms with Crippen molar-refractivity contribution in [2.24, 2.45) is 4.99 Å². The highest BCUT2D eigenvalue weighted by Gasteiger charge is 2.09. The average Bonchev–Trinajstić information content (AvgIpc) is 3.14. The van der Waals surface area contributed by atoms with E-state index in [4.69, 9.17) is 0 Å². The third kappa shape index (κ3) is 9.78. The maximum atomic E-state index is 12.1. The topological polar surface area (TPSA) is 87.5 Å². The number of guanidine groups is 1. The molecule has 0 aliphatic rings. The molecule has 0 unspecified atom stereocenters. The quantitative estimate of drug-likeness (QED) is 0.261. The van der Waals surface area contributed by atoms with Gasteiger partial charge in [0, 0.05) is 38.6 Å². The largest absolute Gasteiger partial charge is 0.357 e.